The first kappa shape index (κ1) is 26.8. The molecular weight excluding hydrogens is 540 g/mol. The zero-order valence-corrected chi connectivity index (χ0v) is 23.9. The highest BCUT2D eigenvalue weighted by Gasteiger charge is 2.29. The van der Waals surface area contributed by atoms with Crippen molar-refractivity contribution in [1.29, 1.82) is 0 Å². The minimum atomic E-state index is -3.69. The van der Waals surface area contributed by atoms with Crippen molar-refractivity contribution in [2.45, 2.75) is 24.8 Å². The molecule has 1 aliphatic rings. The Balaban J connectivity index is 1.41. The summed E-state index contributed by atoms with van der Waals surface area (Å²) in [5.74, 6) is -0.231. The van der Waals surface area contributed by atoms with E-state index >= 15 is 0 Å². The Morgan fingerprint density at radius 3 is 2.47 bits per heavy atom. The maximum absolute atomic E-state index is 13.7. The molecule has 5 rings (SSSR count). The monoisotopic (exact) mass is 568 g/mol. The SMILES string of the molecule is Cc1cc(Cl)cc2sc(N(CCN(C)C)C(=O)c3ccc(S(=O)(=O)N4CCc5ccccc5C4)cc3)nc12. The molecule has 0 atom stereocenters. The highest BCUT2D eigenvalue weighted by molar-refractivity contribution is 7.89. The van der Waals surface area contributed by atoms with Crippen LogP contribution in [0.3, 0.4) is 0 Å². The van der Waals surface area contributed by atoms with Gasteiger partial charge in [-0.05, 0) is 80.5 Å². The Morgan fingerprint density at radius 1 is 1.05 bits per heavy atom. The first-order valence-electron chi connectivity index (χ1n) is 12.3. The summed E-state index contributed by atoms with van der Waals surface area (Å²) < 4.78 is 29.2. The van der Waals surface area contributed by atoms with Gasteiger partial charge in [0.25, 0.3) is 5.91 Å². The Morgan fingerprint density at radius 2 is 1.76 bits per heavy atom. The number of hydrogen-bond donors (Lipinski definition) is 0. The maximum Gasteiger partial charge on any atom is 0.260 e. The molecule has 2 heterocycles. The first-order chi connectivity index (χ1) is 18.1. The molecule has 7 nitrogen and oxygen atoms in total. The summed E-state index contributed by atoms with van der Waals surface area (Å²) in [6.07, 6.45) is 0.680. The predicted octanol–water partition coefficient (Wildman–Crippen LogP) is 5.21. The molecule has 4 aromatic rings. The lowest BCUT2D eigenvalue weighted by molar-refractivity contribution is 0.0985. The Bertz CT molecular complexity index is 1600. The molecule has 0 radical (unpaired) electrons. The molecule has 1 aromatic heterocycles. The Kier molecular flexibility index (Phi) is 7.57. The van der Waals surface area contributed by atoms with Crippen molar-refractivity contribution in [2.24, 2.45) is 0 Å². The van der Waals surface area contributed by atoms with Crippen LogP contribution in [0.4, 0.5) is 5.13 Å². The van der Waals surface area contributed by atoms with E-state index in [0.29, 0.717) is 48.3 Å². The summed E-state index contributed by atoms with van der Waals surface area (Å²) in [6, 6.07) is 17.9. The van der Waals surface area contributed by atoms with Crippen LogP contribution < -0.4 is 4.90 Å². The molecule has 0 N–H and O–H groups in total. The van der Waals surface area contributed by atoms with Gasteiger partial charge in [0.15, 0.2) is 5.13 Å². The third-order valence-corrected chi connectivity index (χ3v) is 9.82. The van der Waals surface area contributed by atoms with Gasteiger partial charge < -0.3 is 4.90 Å². The molecule has 0 spiro atoms. The molecular formula is C28H29ClN4O3S2. The summed E-state index contributed by atoms with van der Waals surface area (Å²) >= 11 is 7.66. The standard InChI is InChI=1S/C28H29ClN4O3S2/c1-19-16-23(29)17-25-26(19)30-28(37-25)33(15-14-31(2)3)27(34)21-8-10-24(11-9-21)38(35,36)32-13-12-20-6-4-5-7-22(20)18-32/h4-11,16-17H,12-15,18H2,1-3H3. The van der Waals surface area contributed by atoms with Gasteiger partial charge in [0, 0.05) is 36.8 Å². The number of amides is 1. The lowest BCUT2D eigenvalue weighted by atomic mass is 10.0. The number of aryl methyl sites for hydroxylation is 1. The van der Waals surface area contributed by atoms with E-state index in [1.807, 2.05) is 62.3 Å². The zero-order chi connectivity index (χ0) is 27.0. The van der Waals surface area contributed by atoms with E-state index in [9.17, 15) is 13.2 Å². The van der Waals surface area contributed by atoms with Gasteiger partial charge in [0.2, 0.25) is 10.0 Å². The van der Waals surface area contributed by atoms with E-state index in [0.717, 1.165) is 21.3 Å². The molecule has 0 saturated heterocycles. The quantitative estimate of drug-likeness (QED) is 0.306. The number of nitrogens with zero attached hydrogens (tertiary/aromatic N) is 4. The van der Waals surface area contributed by atoms with Crippen molar-refractivity contribution in [3.05, 3.63) is 87.9 Å². The van der Waals surface area contributed by atoms with Crippen LogP contribution in [-0.4, -0.2) is 62.2 Å². The number of sulfonamides is 1. The minimum Gasteiger partial charge on any atom is -0.308 e. The number of fused-ring (bicyclic) bond motifs is 2. The van der Waals surface area contributed by atoms with Crippen molar-refractivity contribution in [3.8, 4) is 0 Å². The van der Waals surface area contributed by atoms with Crippen molar-refractivity contribution in [1.82, 2.24) is 14.2 Å². The molecule has 1 amide bonds. The number of benzene rings is 3. The summed E-state index contributed by atoms with van der Waals surface area (Å²) in [7, 11) is 0.208. The average molecular weight is 569 g/mol. The summed E-state index contributed by atoms with van der Waals surface area (Å²) in [5.41, 5.74) is 4.38. The second kappa shape index (κ2) is 10.7. The molecule has 0 bridgehead atoms. The molecule has 198 valence electrons. The maximum atomic E-state index is 13.7. The molecule has 0 aliphatic carbocycles. The molecule has 0 unspecified atom stereocenters. The van der Waals surface area contributed by atoms with Gasteiger partial charge in [-0.25, -0.2) is 13.4 Å². The molecule has 10 heteroatoms. The minimum absolute atomic E-state index is 0.179. The molecule has 0 saturated carbocycles. The van der Waals surface area contributed by atoms with Crippen molar-refractivity contribution < 1.29 is 13.2 Å². The summed E-state index contributed by atoms with van der Waals surface area (Å²) in [4.78, 5) is 22.3. The number of rotatable bonds is 7. The van der Waals surface area contributed by atoms with E-state index < -0.39 is 10.0 Å². The van der Waals surface area contributed by atoms with Gasteiger partial charge >= 0.3 is 0 Å². The van der Waals surface area contributed by atoms with E-state index in [1.165, 1.54) is 33.3 Å². The molecule has 1 aliphatic heterocycles. The third kappa shape index (κ3) is 5.34. The number of carbonyl (C=O) groups excluding carboxylic acids is 1. The van der Waals surface area contributed by atoms with Gasteiger partial charge in [0.05, 0.1) is 15.1 Å². The smallest absolute Gasteiger partial charge is 0.260 e. The average Bonchev–Trinajstić information content (AvgIpc) is 3.32. The number of likely N-dealkylation sites (N-methyl/N-ethyl adjacent to an activating group) is 1. The molecule has 38 heavy (non-hydrogen) atoms. The number of carbonyl (C=O) groups is 1. The normalized spacial score (nSPS) is 14.1. The fourth-order valence-corrected chi connectivity index (χ4v) is 7.46. The lowest BCUT2D eigenvalue weighted by Gasteiger charge is -2.28. The highest BCUT2D eigenvalue weighted by Crippen LogP contribution is 2.34. The van der Waals surface area contributed by atoms with Gasteiger partial charge in [-0.1, -0.05) is 47.2 Å². The fraction of sp³-hybridized carbons (Fsp3) is 0.286. The molecule has 3 aromatic carbocycles. The number of anilines is 1. The number of aromatic nitrogens is 1. The fourth-order valence-electron chi connectivity index (χ4n) is 4.59. The second-order valence-electron chi connectivity index (χ2n) is 9.71. The summed E-state index contributed by atoms with van der Waals surface area (Å²) in [6.45, 7) is 3.80. The van der Waals surface area contributed by atoms with Crippen molar-refractivity contribution in [2.75, 3.05) is 38.6 Å². The highest BCUT2D eigenvalue weighted by atomic mass is 35.5. The number of thiazole rings is 1. The van der Waals surface area contributed by atoms with E-state index in [-0.39, 0.29) is 10.8 Å². The van der Waals surface area contributed by atoms with E-state index in [2.05, 4.69) is 0 Å². The van der Waals surface area contributed by atoms with Gasteiger partial charge in [-0.2, -0.15) is 4.31 Å². The summed E-state index contributed by atoms with van der Waals surface area (Å²) in [5, 5.41) is 1.21. The van der Waals surface area contributed by atoms with Crippen molar-refractivity contribution >= 4 is 54.2 Å². The van der Waals surface area contributed by atoms with Gasteiger partial charge in [-0.15, -0.1) is 0 Å². The van der Waals surface area contributed by atoms with Crippen LogP contribution in [0.2, 0.25) is 5.02 Å². The predicted molar refractivity (Wildman–Crippen MR) is 154 cm³/mol. The van der Waals surface area contributed by atoms with Crippen LogP contribution in [-0.2, 0) is 23.0 Å². The van der Waals surface area contributed by atoms with Crippen LogP contribution >= 0.6 is 22.9 Å². The van der Waals surface area contributed by atoms with Crippen LogP contribution in [0.25, 0.3) is 10.2 Å². The topological polar surface area (TPSA) is 73.8 Å². The Labute approximate surface area is 232 Å². The van der Waals surface area contributed by atoms with E-state index in [1.54, 1.807) is 17.0 Å². The second-order valence-corrected chi connectivity index (χ2v) is 13.1. The number of hydrogen-bond acceptors (Lipinski definition) is 6. The zero-order valence-electron chi connectivity index (χ0n) is 21.5. The van der Waals surface area contributed by atoms with Crippen LogP contribution in [0, 0.1) is 6.92 Å². The number of halogens is 1. The van der Waals surface area contributed by atoms with Crippen LogP contribution in [0.1, 0.15) is 27.0 Å². The first-order valence-corrected chi connectivity index (χ1v) is 15.0. The molecule has 0 fully saturated rings. The lowest BCUT2D eigenvalue weighted by Crippen LogP contribution is -2.37. The largest absolute Gasteiger partial charge is 0.308 e. The van der Waals surface area contributed by atoms with Gasteiger partial charge in [-0.3, -0.25) is 9.69 Å². The Hall–Kier alpha value is -2.82. The van der Waals surface area contributed by atoms with Gasteiger partial charge in [0.1, 0.15) is 0 Å². The van der Waals surface area contributed by atoms with Crippen LogP contribution in [0.15, 0.2) is 65.6 Å². The van der Waals surface area contributed by atoms with Crippen molar-refractivity contribution in [3.63, 3.8) is 0 Å². The third-order valence-electron chi connectivity index (χ3n) is 6.72. The van der Waals surface area contributed by atoms with Crippen LogP contribution in [0.5, 0.6) is 0 Å². The van der Waals surface area contributed by atoms with E-state index in [4.69, 9.17) is 16.6 Å².